The van der Waals surface area contributed by atoms with Crippen LogP contribution in [-0.4, -0.2) is 21.9 Å². The van der Waals surface area contributed by atoms with E-state index in [-0.39, 0.29) is 22.2 Å². The monoisotopic (exact) mass is 546 g/mol. The lowest BCUT2D eigenvalue weighted by atomic mass is 9.44. The molecule has 0 spiro atoms. The average Bonchev–Trinajstić information content (AvgIpc) is 3.19. The molecule has 0 amide bonds. The average molecular weight is 547 g/mol. The van der Waals surface area contributed by atoms with Gasteiger partial charge in [-0.25, -0.2) is 0 Å². The van der Waals surface area contributed by atoms with Crippen LogP contribution in [0.15, 0.2) is 0 Å². The number of carbonyl (C=O) groups excluding carboxylic acids is 2. The summed E-state index contributed by atoms with van der Waals surface area (Å²) in [5.74, 6) is 4.66. The summed E-state index contributed by atoms with van der Waals surface area (Å²) in [6.45, 7) is 20.2. The van der Waals surface area contributed by atoms with Gasteiger partial charge in [-0.3, -0.25) is 9.59 Å². The summed E-state index contributed by atoms with van der Waals surface area (Å²) in [6.07, 6.45) is 14.2. The topological polar surface area (TPSA) is 43.4 Å². The number of esters is 1. The molecule has 0 N–H and O–H groups in total. The Morgan fingerprint density at radius 1 is 0.921 bits per heavy atom. The third-order valence-corrected chi connectivity index (χ3v) is 13.4. The first-order valence-electron chi connectivity index (χ1n) is 16.0. The summed E-state index contributed by atoms with van der Waals surface area (Å²) in [6, 6.07) is 0. The molecule has 4 saturated carbocycles. The molecule has 4 heteroatoms. The fourth-order valence-electron chi connectivity index (χ4n) is 9.70. The highest BCUT2D eigenvalue weighted by molar-refractivity contribution is 8.14. The van der Waals surface area contributed by atoms with Gasteiger partial charge in [0.05, 0.1) is 5.41 Å². The zero-order valence-electron chi connectivity index (χ0n) is 26.2. The Hall–Kier alpha value is -0.510. The van der Waals surface area contributed by atoms with Gasteiger partial charge in [0.15, 0.2) is 5.12 Å². The fourth-order valence-corrected chi connectivity index (χ4v) is 10.6. The van der Waals surface area contributed by atoms with Crippen molar-refractivity contribution in [1.82, 2.24) is 0 Å². The zero-order valence-corrected chi connectivity index (χ0v) is 27.0. The standard InChI is InChI=1S/C34H58O3S/c1-10-32(6,7)30(36)37-24-17-19-33(8)23(21-24)12-13-25-27-15-14-26(34(27,9)20-18-28(25)33)22(2)11-16-29(35)38-31(3,4)5/h22-28H,10-21H2,1-9H3. The van der Waals surface area contributed by atoms with E-state index in [1.54, 1.807) is 0 Å². The van der Waals surface area contributed by atoms with Gasteiger partial charge in [-0.1, -0.05) is 60.2 Å². The van der Waals surface area contributed by atoms with Crippen LogP contribution < -0.4 is 0 Å². The van der Waals surface area contributed by atoms with Crippen molar-refractivity contribution in [2.24, 2.45) is 51.8 Å². The van der Waals surface area contributed by atoms with E-state index >= 15 is 0 Å². The van der Waals surface area contributed by atoms with Crippen molar-refractivity contribution in [2.45, 2.75) is 150 Å². The number of carbonyl (C=O) groups is 2. The van der Waals surface area contributed by atoms with Crippen LogP contribution >= 0.6 is 11.8 Å². The molecule has 0 aromatic heterocycles. The Kier molecular flexibility index (Phi) is 8.85. The number of rotatable bonds is 7. The lowest BCUT2D eigenvalue weighted by molar-refractivity contribution is -0.171. The molecule has 9 atom stereocenters. The van der Waals surface area contributed by atoms with Crippen molar-refractivity contribution in [3.63, 3.8) is 0 Å². The Morgan fingerprint density at radius 2 is 1.58 bits per heavy atom. The largest absolute Gasteiger partial charge is 0.462 e. The van der Waals surface area contributed by atoms with Crippen LogP contribution in [0, 0.1) is 51.8 Å². The Morgan fingerprint density at radius 3 is 2.24 bits per heavy atom. The van der Waals surface area contributed by atoms with E-state index < -0.39 is 0 Å². The lowest BCUT2D eigenvalue weighted by Crippen LogP contribution is -2.54. The Balaban J connectivity index is 1.38. The van der Waals surface area contributed by atoms with Gasteiger partial charge in [-0.15, -0.1) is 0 Å². The quantitative estimate of drug-likeness (QED) is 0.298. The minimum absolute atomic E-state index is 0.000499. The number of ether oxygens (including phenoxy) is 1. The summed E-state index contributed by atoms with van der Waals surface area (Å²) < 4.78 is 6.12. The van der Waals surface area contributed by atoms with Crippen molar-refractivity contribution >= 4 is 22.8 Å². The number of hydrogen-bond acceptors (Lipinski definition) is 4. The van der Waals surface area contributed by atoms with Crippen LogP contribution in [0.2, 0.25) is 0 Å². The molecule has 38 heavy (non-hydrogen) atoms. The summed E-state index contributed by atoms with van der Waals surface area (Å²) in [7, 11) is 0. The summed E-state index contributed by atoms with van der Waals surface area (Å²) in [5, 5.41) is 0.374. The molecule has 9 unspecified atom stereocenters. The van der Waals surface area contributed by atoms with Gasteiger partial charge in [0.2, 0.25) is 0 Å². The third-order valence-electron chi connectivity index (χ3n) is 12.3. The molecule has 0 aliphatic heterocycles. The first kappa shape index (κ1) is 30.4. The zero-order chi connectivity index (χ0) is 28.1. The predicted octanol–water partition coefficient (Wildman–Crippen LogP) is 9.47. The maximum absolute atomic E-state index is 12.8. The Labute approximate surface area is 238 Å². The van der Waals surface area contributed by atoms with Gasteiger partial charge < -0.3 is 4.74 Å². The molecular weight excluding hydrogens is 488 g/mol. The summed E-state index contributed by atoms with van der Waals surface area (Å²) in [5.41, 5.74) is 0.483. The first-order valence-corrected chi connectivity index (χ1v) is 16.9. The normalized spacial score (nSPS) is 40.0. The highest BCUT2D eigenvalue weighted by Crippen LogP contribution is 2.68. The molecule has 0 radical (unpaired) electrons. The maximum Gasteiger partial charge on any atom is 0.311 e. The molecular formula is C34H58O3S. The fraction of sp³-hybridized carbons (Fsp3) is 0.941. The van der Waals surface area contributed by atoms with Crippen LogP contribution in [0.4, 0.5) is 0 Å². The van der Waals surface area contributed by atoms with Gasteiger partial charge in [0.1, 0.15) is 6.10 Å². The highest BCUT2D eigenvalue weighted by atomic mass is 32.2. The molecule has 0 bridgehead atoms. The second-order valence-electron chi connectivity index (χ2n) is 16.0. The van der Waals surface area contributed by atoms with Crippen molar-refractivity contribution in [3.05, 3.63) is 0 Å². The van der Waals surface area contributed by atoms with Crippen LogP contribution in [0.5, 0.6) is 0 Å². The Bertz CT molecular complexity index is 873. The predicted molar refractivity (Wildman–Crippen MR) is 160 cm³/mol. The van der Waals surface area contributed by atoms with Crippen molar-refractivity contribution in [2.75, 3.05) is 0 Å². The van der Waals surface area contributed by atoms with Crippen LogP contribution in [-0.2, 0) is 14.3 Å². The van der Waals surface area contributed by atoms with Crippen molar-refractivity contribution in [3.8, 4) is 0 Å². The van der Waals surface area contributed by atoms with Gasteiger partial charge in [-0.2, -0.15) is 0 Å². The third kappa shape index (κ3) is 5.91. The van der Waals surface area contributed by atoms with Gasteiger partial charge >= 0.3 is 5.97 Å². The summed E-state index contributed by atoms with van der Waals surface area (Å²) >= 11 is 1.53. The maximum atomic E-state index is 12.8. The minimum atomic E-state index is -0.374. The van der Waals surface area contributed by atoms with Crippen LogP contribution in [0.1, 0.15) is 139 Å². The molecule has 4 aliphatic rings. The van der Waals surface area contributed by atoms with E-state index in [0.29, 0.717) is 27.8 Å². The molecule has 4 aliphatic carbocycles. The second kappa shape index (κ2) is 11.1. The number of fused-ring (bicyclic) bond motifs is 5. The molecule has 3 nitrogen and oxygen atoms in total. The molecule has 0 saturated heterocycles. The van der Waals surface area contributed by atoms with E-state index in [9.17, 15) is 9.59 Å². The number of thioether (sulfide) groups is 1. The van der Waals surface area contributed by atoms with E-state index in [0.717, 1.165) is 55.8 Å². The van der Waals surface area contributed by atoms with Gasteiger partial charge in [0.25, 0.3) is 0 Å². The molecule has 0 aromatic rings. The molecule has 218 valence electrons. The first-order chi connectivity index (χ1) is 17.6. The minimum Gasteiger partial charge on any atom is -0.462 e. The van der Waals surface area contributed by atoms with E-state index in [1.165, 1.54) is 56.7 Å². The van der Waals surface area contributed by atoms with Gasteiger partial charge in [0, 0.05) is 11.2 Å². The van der Waals surface area contributed by atoms with Crippen molar-refractivity contribution < 1.29 is 14.3 Å². The van der Waals surface area contributed by atoms with Crippen LogP contribution in [0.25, 0.3) is 0 Å². The van der Waals surface area contributed by atoms with E-state index in [2.05, 4.69) is 48.5 Å². The molecule has 0 heterocycles. The lowest BCUT2D eigenvalue weighted by Gasteiger charge is -2.61. The second-order valence-corrected chi connectivity index (χ2v) is 17.9. The van der Waals surface area contributed by atoms with E-state index in [4.69, 9.17) is 4.74 Å². The smallest absolute Gasteiger partial charge is 0.311 e. The SMILES string of the molecule is CCC(C)(C)C(=O)OC1CCC2(C)C(CCC3C2CCC2(C)C(C(C)CCC(=O)SC(C)(C)C)CCC32)C1. The van der Waals surface area contributed by atoms with E-state index in [1.807, 2.05) is 13.8 Å². The number of hydrogen-bond donors (Lipinski definition) is 0. The summed E-state index contributed by atoms with van der Waals surface area (Å²) in [4.78, 5) is 25.4. The van der Waals surface area contributed by atoms with Gasteiger partial charge in [-0.05, 0) is 131 Å². The highest BCUT2D eigenvalue weighted by Gasteiger charge is 2.60. The molecule has 4 rings (SSSR count). The molecule has 4 fully saturated rings. The molecule has 0 aromatic carbocycles. The van der Waals surface area contributed by atoms with Crippen molar-refractivity contribution in [1.29, 1.82) is 0 Å². The van der Waals surface area contributed by atoms with Crippen LogP contribution in [0.3, 0.4) is 0 Å².